The fourth-order valence-corrected chi connectivity index (χ4v) is 4.33. The Hall–Kier alpha value is -3.40. The monoisotopic (exact) mass is 547 g/mol. The summed E-state index contributed by atoms with van der Waals surface area (Å²) in [6.45, 7) is 2.55. The van der Waals surface area contributed by atoms with Crippen LogP contribution in [0.15, 0.2) is 60.7 Å². The lowest BCUT2D eigenvalue weighted by molar-refractivity contribution is -0.145. The Morgan fingerprint density at radius 2 is 1.79 bits per heavy atom. The van der Waals surface area contributed by atoms with Gasteiger partial charge in [-0.05, 0) is 67.5 Å². The minimum absolute atomic E-state index is 0.0759. The number of carbonyl (C=O) groups excluding carboxylic acids is 1. The van der Waals surface area contributed by atoms with Crippen LogP contribution in [0.4, 0.5) is 0 Å². The van der Waals surface area contributed by atoms with Crippen LogP contribution in [0.3, 0.4) is 0 Å². The largest absolute Gasteiger partial charge is 0.482 e. The highest BCUT2D eigenvalue weighted by Gasteiger charge is 2.24. The first-order valence-corrected chi connectivity index (χ1v) is 12.7. The van der Waals surface area contributed by atoms with Crippen LogP contribution in [-0.4, -0.2) is 59.0 Å². The number of hydrogen-bond donors (Lipinski definition) is 4. The van der Waals surface area contributed by atoms with Crippen molar-refractivity contribution < 1.29 is 39.2 Å². The number of aliphatic hydroxyl groups excluding tert-OH is 1. The second kappa shape index (κ2) is 16.4. The summed E-state index contributed by atoms with van der Waals surface area (Å²) in [6, 6.07) is 15.7. The smallest absolute Gasteiger partial charge is 0.344 e. The molecule has 1 aliphatic rings. The maximum Gasteiger partial charge on any atom is 0.344 e. The van der Waals surface area contributed by atoms with Gasteiger partial charge in [0.15, 0.2) is 6.61 Å². The maximum absolute atomic E-state index is 11.5. The van der Waals surface area contributed by atoms with Crippen molar-refractivity contribution in [2.24, 2.45) is 0 Å². The minimum Gasteiger partial charge on any atom is -0.482 e. The van der Waals surface area contributed by atoms with E-state index in [1.165, 1.54) is 5.56 Å². The van der Waals surface area contributed by atoms with E-state index in [4.69, 9.17) is 31.3 Å². The van der Waals surface area contributed by atoms with E-state index in [0.717, 1.165) is 31.2 Å². The fourth-order valence-electron chi connectivity index (χ4n) is 4.13. The van der Waals surface area contributed by atoms with E-state index in [9.17, 15) is 19.5 Å². The molecular formula is C28H34ClNO8. The molecule has 1 fully saturated rings. The fraction of sp³-hybridized carbons (Fsp3) is 0.393. The van der Waals surface area contributed by atoms with E-state index < -0.39 is 18.0 Å². The molecule has 0 saturated heterocycles. The van der Waals surface area contributed by atoms with Crippen LogP contribution >= 0.6 is 11.6 Å². The van der Waals surface area contributed by atoms with Crippen LogP contribution < -0.4 is 10.1 Å². The van der Waals surface area contributed by atoms with Crippen LogP contribution in [0.25, 0.3) is 0 Å². The second-order valence-electron chi connectivity index (χ2n) is 8.72. The highest BCUT2D eigenvalue weighted by atomic mass is 35.5. The summed E-state index contributed by atoms with van der Waals surface area (Å²) in [6.07, 6.45) is 4.88. The molecule has 3 rings (SSSR count). The molecule has 0 aliphatic heterocycles. The van der Waals surface area contributed by atoms with Crippen LogP contribution in [-0.2, 0) is 19.1 Å². The number of halogens is 1. The van der Waals surface area contributed by atoms with Crippen LogP contribution in [0.2, 0.25) is 5.02 Å². The molecule has 0 spiro atoms. The van der Waals surface area contributed by atoms with Crippen LogP contribution in [0.1, 0.15) is 55.8 Å². The quantitative estimate of drug-likeness (QED) is 0.238. The first-order chi connectivity index (χ1) is 18.2. The zero-order valence-electron chi connectivity index (χ0n) is 21.2. The molecule has 0 amide bonds. The number of esters is 1. The molecule has 2 aromatic carbocycles. The number of carboxylic acid groups (broad SMARTS) is 2. The van der Waals surface area contributed by atoms with Gasteiger partial charge in [-0.2, -0.15) is 0 Å². The summed E-state index contributed by atoms with van der Waals surface area (Å²) in [5.41, 5.74) is 2.05. The lowest BCUT2D eigenvalue weighted by Gasteiger charge is -2.31. The Labute approximate surface area is 227 Å². The van der Waals surface area contributed by atoms with Crippen molar-refractivity contribution in [1.82, 2.24) is 5.32 Å². The van der Waals surface area contributed by atoms with Crippen molar-refractivity contribution in [2.75, 3.05) is 19.8 Å². The molecule has 0 unspecified atom stereocenters. The van der Waals surface area contributed by atoms with E-state index in [1.54, 1.807) is 13.0 Å². The third-order valence-corrected chi connectivity index (χ3v) is 6.10. The van der Waals surface area contributed by atoms with Gasteiger partial charge in [-0.25, -0.2) is 14.4 Å². The average Bonchev–Trinajstić information content (AvgIpc) is 2.90. The molecule has 10 heteroatoms. The predicted molar refractivity (Wildman–Crippen MR) is 142 cm³/mol. The summed E-state index contributed by atoms with van der Waals surface area (Å²) in [7, 11) is 0. The zero-order valence-corrected chi connectivity index (χ0v) is 22.0. The maximum atomic E-state index is 11.5. The van der Waals surface area contributed by atoms with Crippen LogP contribution in [0, 0.1) is 0 Å². The number of rotatable bonds is 11. The van der Waals surface area contributed by atoms with Crippen LogP contribution in [0.5, 0.6) is 5.75 Å². The Kier molecular flexibility index (Phi) is 13.3. The molecule has 2 aromatic rings. The van der Waals surface area contributed by atoms with Gasteiger partial charge in [-0.3, -0.25) is 0 Å². The lowest BCUT2D eigenvalue weighted by atomic mass is 9.81. The Bertz CT molecular complexity index is 1070. The number of carboxylic acids is 2. The van der Waals surface area contributed by atoms with Crippen molar-refractivity contribution in [2.45, 2.75) is 50.7 Å². The molecule has 38 heavy (non-hydrogen) atoms. The highest BCUT2D eigenvalue weighted by molar-refractivity contribution is 6.30. The molecule has 1 aliphatic carbocycles. The molecule has 3 atom stereocenters. The van der Waals surface area contributed by atoms with Gasteiger partial charge >= 0.3 is 17.9 Å². The van der Waals surface area contributed by atoms with Gasteiger partial charge in [0.25, 0.3) is 0 Å². The van der Waals surface area contributed by atoms with E-state index in [-0.39, 0.29) is 12.6 Å². The van der Waals surface area contributed by atoms with E-state index in [0.29, 0.717) is 48.0 Å². The topological polar surface area (TPSA) is 142 Å². The SMILES string of the molecule is CCOC(=O)COc1cccc([C@@H]2CCC[C@@H](NC[C@H](O)c3cccc(Cl)c3)C2)c1.O=C(O)/C=C/C(=O)O. The number of benzene rings is 2. The third kappa shape index (κ3) is 11.8. The zero-order chi connectivity index (χ0) is 27.9. The summed E-state index contributed by atoms with van der Waals surface area (Å²) in [4.78, 5) is 30.6. The van der Waals surface area contributed by atoms with E-state index >= 15 is 0 Å². The molecule has 4 N–H and O–H groups in total. The predicted octanol–water partition coefficient (Wildman–Crippen LogP) is 4.34. The van der Waals surface area contributed by atoms with Crippen molar-refractivity contribution in [3.8, 4) is 5.75 Å². The summed E-state index contributed by atoms with van der Waals surface area (Å²) < 4.78 is 10.5. The minimum atomic E-state index is -1.26. The first kappa shape index (κ1) is 30.8. The lowest BCUT2D eigenvalue weighted by Crippen LogP contribution is -2.36. The van der Waals surface area contributed by atoms with Gasteiger partial charge in [0.2, 0.25) is 0 Å². The van der Waals surface area contributed by atoms with Gasteiger partial charge < -0.3 is 30.1 Å². The Morgan fingerprint density at radius 3 is 2.45 bits per heavy atom. The average molecular weight is 548 g/mol. The standard InChI is InChI=1S/C24H30ClNO4.C4H4O4/c1-2-29-24(28)16-30-22-11-5-7-18(14-22)17-6-4-10-21(13-17)26-15-23(27)19-8-3-9-20(25)12-19;5-3(6)1-2-4(7)8/h3,5,7-9,11-12,14,17,21,23,26-27H,2,4,6,10,13,15-16H2,1H3;1-2H,(H,5,6)(H,7,8)/b;2-1+/t17-,21-,23+;/m1./s1. The van der Waals surface area contributed by atoms with Crippen molar-refractivity contribution in [1.29, 1.82) is 0 Å². The molecule has 0 radical (unpaired) electrons. The van der Waals surface area contributed by atoms with Gasteiger partial charge in [0, 0.05) is 29.8 Å². The first-order valence-electron chi connectivity index (χ1n) is 12.4. The molecule has 206 valence electrons. The number of nitrogens with one attached hydrogen (secondary N) is 1. The number of aliphatic hydroxyl groups is 1. The number of hydrogen-bond acceptors (Lipinski definition) is 7. The van der Waals surface area contributed by atoms with E-state index in [1.807, 2.05) is 36.4 Å². The Balaban J connectivity index is 0.000000550. The molecule has 0 bridgehead atoms. The molecular weight excluding hydrogens is 514 g/mol. The van der Waals surface area contributed by atoms with Gasteiger partial charge in [0.05, 0.1) is 12.7 Å². The summed E-state index contributed by atoms with van der Waals surface area (Å²) >= 11 is 6.03. The second-order valence-corrected chi connectivity index (χ2v) is 9.15. The van der Waals surface area contributed by atoms with Gasteiger partial charge in [-0.1, -0.05) is 42.3 Å². The van der Waals surface area contributed by atoms with Crippen molar-refractivity contribution >= 4 is 29.5 Å². The third-order valence-electron chi connectivity index (χ3n) is 5.87. The van der Waals surface area contributed by atoms with E-state index in [2.05, 4.69) is 11.4 Å². The molecule has 1 saturated carbocycles. The Morgan fingerprint density at radius 1 is 1.08 bits per heavy atom. The number of ether oxygens (including phenoxy) is 2. The molecule has 0 aromatic heterocycles. The normalized spacial score (nSPS) is 17.7. The van der Waals surface area contributed by atoms with Gasteiger partial charge in [-0.15, -0.1) is 0 Å². The summed E-state index contributed by atoms with van der Waals surface area (Å²) in [5.74, 6) is -1.76. The highest BCUT2D eigenvalue weighted by Crippen LogP contribution is 2.34. The molecule has 0 heterocycles. The van der Waals surface area contributed by atoms with Gasteiger partial charge in [0.1, 0.15) is 5.75 Å². The number of carbonyl (C=O) groups is 3. The van der Waals surface area contributed by atoms with Crippen molar-refractivity contribution in [3.05, 3.63) is 76.8 Å². The summed E-state index contributed by atoms with van der Waals surface area (Å²) in [5, 5.41) is 30.2. The number of aliphatic carboxylic acids is 2. The van der Waals surface area contributed by atoms with Crippen molar-refractivity contribution in [3.63, 3.8) is 0 Å². The molecule has 9 nitrogen and oxygen atoms in total.